The summed E-state index contributed by atoms with van der Waals surface area (Å²) in [5.74, 6) is -1.39. The van der Waals surface area contributed by atoms with E-state index in [0.29, 0.717) is 5.69 Å². The van der Waals surface area contributed by atoms with E-state index in [1.807, 2.05) is 0 Å². The molecule has 88 valence electrons. The van der Waals surface area contributed by atoms with Gasteiger partial charge >= 0.3 is 0 Å². The Bertz CT molecular complexity index is 504. The minimum Gasteiger partial charge on any atom is -0.351 e. The van der Waals surface area contributed by atoms with Gasteiger partial charge in [-0.2, -0.15) is 0 Å². The van der Waals surface area contributed by atoms with Crippen LogP contribution in [0.25, 0.3) is 6.08 Å². The van der Waals surface area contributed by atoms with E-state index in [1.165, 1.54) is 19.3 Å². The van der Waals surface area contributed by atoms with E-state index in [9.17, 15) is 14.4 Å². The molecule has 2 heterocycles. The van der Waals surface area contributed by atoms with E-state index in [0.717, 1.165) is 4.90 Å². The molecule has 2 N–H and O–H groups in total. The summed E-state index contributed by atoms with van der Waals surface area (Å²) in [6.07, 6.45) is 4.43. The fourth-order valence-electron chi connectivity index (χ4n) is 1.45. The molecule has 0 saturated carbocycles. The van der Waals surface area contributed by atoms with E-state index in [1.54, 1.807) is 6.20 Å². The van der Waals surface area contributed by atoms with Gasteiger partial charge in [-0.1, -0.05) is 0 Å². The second-order valence-corrected chi connectivity index (χ2v) is 3.51. The molecule has 1 aromatic heterocycles. The fourth-order valence-corrected chi connectivity index (χ4v) is 1.45. The Kier molecular flexibility index (Phi) is 2.73. The Morgan fingerprint density at radius 1 is 1.53 bits per heavy atom. The van der Waals surface area contributed by atoms with Crippen LogP contribution in [0.1, 0.15) is 12.6 Å². The average molecular weight is 234 g/mol. The number of rotatable bonds is 1. The molecule has 0 aliphatic carbocycles. The lowest BCUT2D eigenvalue weighted by Gasteiger charge is -2.25. The van der Waals surface area contributed by atoms with Crippen molar-refractivity contribution in [3.63, 3.8) is 0 Å². The van der Waals surface area contributed by atoms with Gasteiger partial charge in [0.1, 0.15) is 12.2 Å². The van der Waals surface area contributed by atoms with Gasteiger partial charge in [0.15, 0.2) is 0 Å². The maximum Gasteiger partial charge on any atom is 0.277 e. The molecule has 7 nitrogen and oxygen atoms in total. The first-order valence-electron chi connectivity index (χ1n) is 4.90. The van der Waals surface area contributed by atoms with Crippen molar-refractivity contribution in [1.82, 2.24) is 20.2 Å². The molecule has 0 aromatic carbocycles. The predicted molar refractivity (Wildman–Crippen MR) is 57.1 cm³/mol. The molecular formula is C10H10N4O3. The molecule has 1 fully saturated rings. The zero-order valence-electron chi connectivity index (χ0n) is 9.06. The third kappa shape index (κ3) is 2.22. The van der Waals surface area contributed by atoms with Crippen LogP contribution >= 0.6 is 0 Å². The van der Waals surface area contributed by atoms with Gasteiger partial charge in [0, 0.05) is 13.1 Å². The molecule has 1 saturated heterocycles. The molecule has 1 aliphatic heterocycles. The molecule has 2 rings (SSSR count). The van der Waals surface area contributed by atoms with E-state index < -0.39 is 17.7 Å². The van der Waals surface area contributed by atoms with Gasteiger partial charge in [-0.25, -0.2) is 4.98 Å². The van der Waals surface area contributed by atoms with Crippen molar-refractivity contribution < 1.29 is 14.4 Å². The van der Waals surface area contributed by atoms with E-state index in [-0.39, 0.29) is 12.2 Å². The van der Waals surface area contributed by atoms with Crippen LogP contribution in [0.4, 0.5) is 0 Å². The van der Waals surface area contributed by atoms with Gasteiger partial charge in [0.2, 0.25) is 11.8 Å². The Morgan fingerprint density at radius 3 is 2.88 bits per heavy atom. The maximum absolute atomic E-state index is 11.8. The smallest absolute Gasteiger partial charge is 0.277 e. The quantitative estimate of drug-likeness (QED) is 0.625. The van der Waals surface area contributed by atoms with Crippen molar-refractivity contribution >= 4 is 23.8 Å². The summed E-state index contributed by atoms with van der Waals surface area (Å²) in [6.45, 7) is 0.995. The summed E-state index contributed by atoms with van der Waals surface area (Å²) in [5.41, 5.74) is 0.544. The Morgan fingerprint density at radius 2 is 2.29 bits per heavy atom. The third-order valence-electron chi connectivity index (χ3n) is 2.24. The number of imidazole rings is 1. The first-order valence-corrected chi connectivity index (χ1v) is 4.90. The highest BCUT2D eigenvalue weighted by atomic mass is 16.2. The topological polar surface area (TPSA) is 95.2 Å². The van der Waals surface area contributed by atoms with Crippen molar-refractivity contribution in [2.75, 3.05) is 6.54 Å². The van der Waals surface area contributed by atoms with Crippen molar-refractivity contribution in [2.24, 2.45) is 0 Å². The van der Waals surface area contributed by atoms with Crippen LogP contribution in [0.15, 0.2) is 18.2 Å². The van der Waals surface area contributed by atoms with Gasteiger partial charge < -0.3 is 10.3 Å². The van der Waals surface area contributed by atoms with Gasteiger partial charge in [0.25, 0.3) is 5.91 Å². The van der Waals surface area contributed by atoms with Crippen LogP contribution in [0.3, 0.4) is 0 Å². The Labute approximate surface area is 96.5 Å². The van der Waals surface area contributed by atoms with Crippen LogP contribution in [0.2, 0.25) is 0 Å². The largest absolute Gasteiger partial charge is 0.351 e. The van der Waals surface area contributed by atoms with E-state index in [2.05, 4.69) is 15.3 Å². The van der Waals surface area contributed by atoms with Gasteiger partial charge in [0.05, 0.1) is 12.0 Å². The van der Waals surface area contributed by atoms with E-state index in [4.69, 9.17) is 0 Å². The zero-order chi connectivity index (χ0) is 12.4. The molecule has 0 unspecified atom stereocenters. The summed E-state index contributed by atoms with van der Waals surface area (Å²) >= 11 is 0. The van der Waals surface area contributed by atoms with Crippen LogP contribution in [-0.4, -0.2) is 39.1 Å². The van der Waals surface area contributed by atoms with Gasteiger partial charge in [-0.05, 0) is 6.08 Å². The van der Waals surface area contributed by atoms with Crippen LogP contribution < -0.4 is 5.32 Å². The summed E-state index contributed by atoms with van der Waals surface area (Å²) in [4.78, 5) is 41.8. The van der Waals surface area contributed by atoms with Gasteiger partial charge in [-0.3, -0.25) is 19.3 Å². The number of carbonyl (C=O) groups excluding carboxylic acids is 3. The van der Waals surface area contributed by atoms with Crippen molar-refractivity contribution in [2.45, 2.75) is 6.92 Å². The lowest BCUT2D eigenvalue weighted by atomic mass is 10.2. The normalized spacial score (nSPS) is 18.4. The van der Waals surface area contributed by atoms with Crippen molar-refractivity contribution in [3.05, 3.63) is 23.9 Å². The SMILES string of the molecule is CC(=O)N1CC(=O)NC(=Cc2c[nH]cn2)C1=O. The minimum absolute atomic E-state index is 0.0450. The Balaban J connectivity index is 2.31. The zero-order valence-corrected chi connectivity index (χ0v) is 9.06. The maximum atomic E-state index is 11.8. The molecule has 7 heteroatoms. The highest BCUT2D eigenvalue weighted by Gasteiger charge is 2.30. The number of aromatic nitrogens is 2. The average Bonchev–Trinajstić information content (AvgIpc) is 2.75. The number of carbonyl (C=O) groups is 3. The summed E-state index contributed by atoms with van der Waals surface area (Å²) < 4.78 is 0. The molecular weight excluding hydrogens is 224 g/mol. The number of hydrogen-bond donors (Lipinski definition) is 2. The molecule has 3 amide bonds. The van der Waals surface area contributed by atoms with E-state index >= 15 is 0 Å². The molecule has 0 radical (unpaired) electrons. The molecule has 1 aromatic rings. The van der Waals surface area contributed by atoms with Crippen LogP contribution in [0.5, 0.6) is 0 Å². The van der Waals surface area contributed by atoms with Gasteiger partial charge in [-0.15, -0.1) is 0 Å². The number of aromatic amines is 1. The summed E-state index contributed by atoms with van der Waals surface area (Å²) in [7, 11) is 0. The van der Waals surface area contributed by atoms with Crippen molar-refractivity contribution in [1.29, 1.82) is 0 Å². The first-order chi connectivity index (χ1) is 8.08. The minimum atomic E-state index is -0.528. The number of H-pyrrole nitrogens is 1. The second-order valence-electron chi connectivity index (χ2n) is 3.51. The lowest BCUT2D eigenvalue weighted by Crippen LogP contribution is -2.51. The van der Waals surface area contributed by atoms with Crippen molar-refractivity contribution in [3.8, 4) is 0 Å². The fraction of sp³-hybridized carbons (Fsp3) is 0.200. The van der Waals surface area contributed by atoms with Crippen LogP contribution in [-0.2, 0) is 14.4 Å². The summed E-state index contributed by atoms with van der Waals surface area (Å²) in [5, 5.41) is 2.41. The first kappa shape index (κ1) is 11.1. The number of amides is 3. The van der Waals surface area contributed by atoms with Crippen LogP contribution in [0, 0.1) is 0 Å². The highest BCUT2D eigenvalue weighted by Crippen LogP contribution is 2.09. The molecule has 0 bridgehead atoms. The Hall–Kier alpha value is -2.44. The number of hydrogen-bond acceptors (Lipinski definition) is 4. The number of imide groups is 1. The summed E-state index contributed by atoms with van der Waals surface area (Å²) in [6, 6.07) is 0. The standard InChI is InChI=1S/C10H10N4O3/c1-6(15)14-4-9(16)13-8(10(14)17)2-7-3-11-5-12-7/h2-3,5H,4H2,1H3,(H,11,12)(H,13,16). The molecule has 0 atom stereocenters. The highest BCUT2D eigenvalue weighted by molar-refractivity contribution is 6.12. The lowest BCUT2D eigenvalue weighted by molar-refractivity contribution is -0.147. The number of nitrogens with one attached hydrogen (secondary N) is 2. The predicted octanol–water partition coefficient (Wildman–Crippen LogP) is -0.745. The third-order valence-corrected chi connectivity index (χ3v) is 2.24. The number of nitrogens with zero attached hydrogens (tertiary/aromatic N) is 2. The number of piperazine rings is 1. The molecule has 0 spiro atoms. The monoisotopic (exact) mass is 234 g/mol. The molecule has 1 aliphatic rings. The second kappa shape index (κ2) is 4.20. The molecule has 17 heavy (non-hydrogen) atoms.